The third-order valence-corrected chi connectivity index (χ3v) is 4.18. The molecule has 0 bridgehead atoms. The van der Waals surface area contributed by atoms with Gasteiger partial charge in [-0.25, -0.2) is 0 Å². The van der Waals surface area contributed by atoms with Gasteiger partial charge in [-0.15, -0.1) is 18.4 Å². The maximum Gasteiger partial charge on any atom is 0.101 e. The molecular formula is C18H18NOSY-. The van der Waals surface area contributed by atoms with Crippen LogP contribution in [0.3, 0.4) is 0 Å². The molecule has 3 rings (SSSR count). The van der Waals surface area contributed by atoms with Crippen molar-refractivity contribution in [1.82, 2.24) is 0 Å². The summed E-state index contributed by atoms with van der Waals surface area (Å²) in [6.07, 6.45) is 5.58. The number of phenolic OH excluding ortho intramolecular Hbond substituents is 1. The first kappa shape index (κ1) is 18.9. The van der Waals surface area contributed by atoms with Crippen molar-refractivity contribution in [2.24, 2.45) is 0 Å². The summed E-state index contributed by atoms with van der Waals surface area (Å²) in [7, 11) is 1.71. The van der Waals surface area contributed by atoms with Gasteiger partial charge in [0.2, 0.25) is 0 Å². The molecule has 0 spiro atoms. The van der Waals surface area contributed by atoms with Gasteiger partial charge in [0, 0.05) is 42.1 Å². The second-order valence-corrected chi connectivity index (χ2v) is 5.47. The number of allylic oxidation sites excluding steroid dienone is 3. The minimum atomic E-state index is 0. The zero-order valence-corrected chi connectivity index (χ0v) is 16.4. The summed E-state index contributed by atoms with van der Waals surface area (Å²) in [5.74, 6) is 0.249. The number of hydrogen-bond donors (Lipinski definition) is 1. The van der Waals surface area contributed by atoms with Crippen LogP contribution in [0.2, 0.25) is 0 Å². The molecule has 22 heavy (non-hydrogen) atoms. The molecule has 0 atom stereocenters. The van der Waals surface area contributed by atoms with Crippen molar-refractivity contribution in [3.05, 3.63) is 66.5 Å². The molecule has 1 N–H and O–H groups in total. The van der Waals surface area contributed by atoms with Crippen LogP contribution in [0.15, 0.2) is 61.2 Å². The second-order valence-electron chi connectivity index (χ2n) is 4.39. The zero-order valence-electron chi connectivity index (χ0n) is 12.8. The Morgan fingerprint density at radius 2 is 1.86 bits per heavy atom. The molecule has 2 nitrogen and oxygen atoms in total. The Morgan fingerprint density at radius 3 is 2.45 bits per heavy atom. The topological polar surface area (TPSA) is 34.3 Å². The van der Waals surface area contributed by atoms with Crippen molar-refractivity contribution >= 4 is 37.2 Å². The van der Waals surface area contributed by atoms with Gasteiger partial charge in [-0.1, -0.05) is 48.7 Å². The number of benzene rings is 2. The molecule has 3 aromatic rings. The SMILES string of the molecule is C=C/C=C\C.C[N-]c1c(O)ccc2sc3ccccc3c12.[Y]. The summed E-state index contributed by atoms with van der Waals surface area (Å²) < 4.78 is 2.40. The van der Waals surface area contributed by atoms with Crippen LogP contribution in [0.1, 0.15) is 6.92 Å². The molecule has 1 heterocycles. The standard InChI is InChI=1S/C13H10NOS.C5H8.Y/c1-14-13-9(15)6-7-11-12(13)8-4-2-3-5-10(8)16-11;1-3-5-4-2;/h2-7,15H,1H3;3-5H,1H2,2H3;/q-1;;/b;5-4-;. The van der Waals surface area contributed by atoms with E-state index >= 15 is 0 Å². The third-order valence-electron chi connectivity index (χ3n) is 3.05. The first-order valence-electron chi connectivity index (χ1n) is 6.69. The van der Waals surface area contributed by atoms with Crippen molar-refractivity contribution < 1.29 is 37.8 Å². The van der Waals surface area contributed by atoms with Gasteiger partial charge in [-0.2, -0.15) is 0 Å². The molecule has 0 aliphatic rings. The molecular weight excluding hydrogens is 367 g/mol. The van der Waals surface area contributed by atoms with Crippen LogP contribution >= 0.6 is 11.3 Å². The Balaban J connectivity index is 0.000000356. The molecule has 2 aromatic carbocycles. The molecule has 1 radical (unpaired) electrons. The van der Waals surface area contributed by atoms with Crippen molar-refractivity contribution in [3.8, 4) is 5.75 Å². The maximum atomic E-state index is 9.80. The van der Waals surface area contributed by atoms with Crippen LogP contribution in [0.5, 0.6) is 5.75 Å². The average molecular weight is 385 g/mol. The van der Waals surface area contributed by atoms with Crippen LogP contribution in [0.25, 0.3) is 25.5 Å². The molecule has 1 aromatic heterocycles. The Hall–Kier alpha value is -1.16. The number of aromatic hydroxyl groups is 1. The number of phenols is 1. The Bertz CT molecular complexity index is 792. The smallest absolute Gasteiger partial charge is 0.101 e. The van der Waals surface area contributed by atoms with E-state index in [0.29, 0.717) is 5.69 Å². The first-order chi connectivity index (χ1) is 10.2. The van der Waals surface area contributed by atoms with Gasteiger partial charge in [0.25, 0.3) is 0 Å². The fourth-order valence-electron chi connectivity index (χ4n) is 2.15. The molecule has 0 amide bonds. The number of nitrogens with zero attached hydrogens (tertiary/aromatic N) is 1. The molecule has 4 heteroatoms. The van der Waals surface area contributed by atoms with Crippen molar-refractivity contribution in [2.75, 3.05) is 7.05 Å². The summed E-state index contributed by atoms with van der Waals surface area (Å²) in [6, 6.07) is 11.9. The predicted molar refractivity (Wildman–Crippen MR) is 94.9 cm³/mol. The third kappa shape index (κ3) is 3.98. The molecule has 0 unspecified atom stereocenters. The van der Waals surface area contributed by atoms with Crippen LogP contribution in [0.4, 0.5) is 5.69 Å². The van der Waals surface area contributed by atoms with Gasteiger partial charge in [0.05, 0.1) is 0 Å². The van der Waals surface area contributed by atoms with Crippen LogP contribution in [-0.4, -0.2) is 12.2 Å². The molecule has 0 fully saturated rings. The van der Waals surface area contributed by atoms with Crippen molar-refractivity contribution in [3.63, 3.8) is 0 Å². The summed E-state index contributed by atoms with van der Waals surface area (Å²) in [6.45, 7) is 5.42. The van der Waals surface area contributed by atoms with Gasteiger partial charge in [-0.05, 0) is 35.9 Å². The fraction of sp³-hybridized carbons (Fsp3) is 0.111. The van der Waals surface area contributed by atoms with E-state index < -0.39 is 0 Å². The normalized spacial score (nSPS) is 10.1. The van der Waals surface area contributed by atoms with E-state index in [4.69, 9.17) is 0 Å². The summed E-state index contributed by atoms with van der Waals surface area (Å²) in [5, 5.41) is 16.2. The van der Waals surface area contributed by atoms with E-state index in [1.54, 1.807) is 30.5 Å². The van der Waals surface area contributed by atoms with Gasteiger partial charge in [0.15, 0.2) is 0 Å². The van der Waals surface area contributed by atoms with E-state index in [9.17, 15) is 5.11 Å². The van der Waals surface area contributed by atoms with Gasteiger partial charge in [-0.3, -0.25) is 0 Å². The molecule has 111 valence electrons. The Labute approximate surface area is 160 Å². The molecule has 0 saturated heterocycles. The summed E-state index contributed by atoms with van der Waals surface area (Å²) in [5.41, 5.74) is 0.690. The molecule has 0 saturated carbocycles. The number of thiophene rings is 1. The van der Waals surface area contributed by atoms with E-state index in [-0.39, 0.29) is 38.5 Å². The number of fused-ring (bicyclic) bond motifs is 3. The predicted octanol–water partition coefficient (Wildman–Crippen LogP) is 6.14. The fourth-order valence-corrected chi connectivity index (χ4v) is 3.26. The first-order valence-corrected chi connectivity index (χ1v) is 7.51. The number of rotatable bonds is 2. The van der Waals surface area contributed by atoms with Gasteiger partial charge in [0.1, 0.15) is 5.75 Å². The molecule has 0 aliphatic carbocycles. The van der Waals surface area contributed by atoms with E-state index in [1.807, 2.05) is 37.3 Å². The van der Waals surface area contributed by atoms with Crippen LogP contribution in [-0.2, 0) is 32.7 Å². The van der Waals surface area contributed by atoms with Crippen molar-refractivity contribution in [1.29, 1.82) is 0 Å². The van der Waals surface area contributed by atoms with Gasteiger partial charge < -0.3 is 10.4 Å². The summed E-state index contributed by atoms with van der Waals surface area (Å²) >= 11 is 1.73. The Morgan fingerprint density at radius 1 is 1.14 bits per heavy atom. The minimum Gasteiger partial charge on any atom is -0.683 e. The van der Waals surface area contributed by atoms with Crippen LogP contribution in [0, 0.1) is 0 Å². The number of hydrogen-bond acceptors (Lipinski definition) is 2. The second kappa shape index (κ2) is 9.09. The largest absolute Gasteiger partial charge is 0.683 e. The maximum absolute atomic E-state index is 9.80. The van der Waals surface area contributed by atoms with Crippen molar-refractivity contribution in [2.45, 2.75) is 6.92 Å². The van der Waals surface area contributed by atoms with E-state index in [2.05, 4.69) is 24.0 Å². The minimum absolute atomic E-state index is 0. The quantitative estimate of drug-likeness (QED) is 0.528. The van der Waals surface area contributed by atoms with E-state index in [1.165, 1.54) is 14.8 Å². The monoisotopic (exact) mass is 385 g/mol. The van der Waals surface area contributed by atoms with Gasteiger partial charge >= 0.3 is 0 Å². The average Bonchev–Trinajstić information content (AvgIpc) is 2.87. The van der Waals surface area contributed by atoms with Crippen LogP contribution < -0.4 is 0 Å². The molecule has 0 aliphatic heterocycles. The summed E-state index contributed by atoms with van der Waals surface area (Å²) in [4.78, 5) is 0. The zero-order chi connectivity index (χ0) is 15.2. The Kier molecular flexibility index (Phi) is 7.80. The van der Waals surface area contributed by atoms with E-state index in [0.717, 1.165) is 5.39 Å².